The van der Waals surface area contributed by atoms with Gasteiger partial charge < -0.3 is 26.0 Å². The number of para-hydroxylation sites is 2. The molecule has 2 fully saturated rings. The van der Waals surface area contributed by atoms with Crippen LogP contribution in [0.15, 0.2) is 77.3 Å². The lowest BCUT2D eigenvalue weighted by atomic mass is 9.96. The number of aromatic nitrogens is 1. The van der Waals surface area contributed by atoms with E-state index >= 15 is 0 Å². The van der Waals surface area contributed by atoms with E-state index in [-0.39, 0.29) is 5.91 Å². The number of carbonyl (C=O) groups excluding carboxylic acids is 1. The second-order valence-electron chi connectivity index (χ2n) is 12.4. The molecule has 3 aromatic carbocycles. The van der Waals surface area contributed by atoms with E-state index in [9.17, 15) is 18.0 Å². The molecule has 48 heavy (non-hydrogen) atoms. The summed E-state index contributed by atoms with van der Waals surface area (Å²) in [6.07, 6.45) is -1.43. The molecule has 0 spiro atoms. The van der Waals surface area contributed by atoms with Crippen molar-refractivity contribution >= 4 is 23.3 Å². The SMILES string of the molecule is Cc1noc(C)c1-c1ccc(C2CC2NCC2CCN(Cc3ccc(C(=O)Nc4ccccc4N)cc3)CC2)cc1.O=C(O)C(F)(F)F. The van der Waals surface area contributed by atoms with Gasteiger partial charge in [-0.05, 0) is 99.6 Å². The number of hydrogen-bond donors (Lipinski definition) is 4. The molecule has 1 amide bonds. The number of rotatable bonds is 9. The third kappa shape index (κ3) is 9.02. The predicted molar refractivity (Wildman–Crippen MR) is 178 cm³/mol. The average Bonchev–Trinajstić information content (AvgIpc) is 3.77. The molecule has 6 rings (SSSR count). The molecule has 4 aromatic rings. The molecular weight excluding hydrogens is 623 g/mol. The highest BCUT2D eigenvalue weighted by atomic mass is 19.4. The Kier molecular flexibility index (Phi) is 10.9. The van der Waals surface area contributed by atoms with E-state index in [4.69, 9.17) is 20.2 Å². The van der Waals surface area contributed by atoms with Gasteiger partial charge in [-0.25, -0.2) is 4.79 Å². The molecule has 2 unspecified atom stereocenters. The summed E-state index contributed by atoms with van der Waals surface area (Å²) in [6.45, 7) is 8.20. The van der Waals surface area contributed by atoms with Crippen LogP contribution in [0.1, 0.15) is 58.1 Å². The molecule has 254 valence electrons. The Balaban J connectivity index is 0.000000582. The lowest BCUT2D eigenvalue weighted by molar-refractivity contribution is -0.192. The number of benzene rings is 3. The number of carbonyl (C=O) groups is 2. The zero-order chi connectivity index (χ0) is 34.4. The Morgan fingerprint density at radius 2 is 1.65 bits per heavy atom. The Morgan fingerprint density at radius 3 is 2.23 bits per heavy atom. The van der Waals surface area contributed by atoms with Crippen LogP contribution in [0.25, 0.3) is 11.1 Å². The smallest absolute Gasteiger partial charge is 0.475 e. The number of anilines is 2. The summed E-state index contributed by atoms with van der Waals surface area (Å²) in [4.78, 5) is 24.0. The van der Waals surface area contributed by atoms with Crippen LogP contribution in [0, 0.1) is 19.8 Å². The summed E-state index contributed by atoms with van der Waals surface area (Å²) in [6, 6.07) is 24.8. The molecule has 1 aliphatic heterocycles. The number of carboxylic acids is 1. The van der Waals surface area contributed by atoms with Crippen LogP contribution in [0.4, 0.5) is 24.5 Å². The van der Waals surface area contributed by atoms with Crippen molar-refractivity contribution in [2.75, 3.05) is 30.7 Å². The highest BCUT2D eigenvalue weighted by Crippen LogP contribution is 2.42. The summed E-state index contributed by atoms with van der Waals surface area (Å²) in [5, 5.41) is 18.0. The van der Waals surface area contributed by atoms with Gasteiger partial charge in [0.15, 0.2) is 0 Å². The number of nitrogens with zero attached hydrogens (tertiary/aromatic N) is 2. The second-order valence-corrected chi connectivity index (χ2v) is 12.4. The summed E-state index contributed by atoms with van der Waals surface area (Å²) in [5.74, 6) is -0.683. The highest BCUT2D eigenvalue weighted by molar-refractivity contribution is 6.05. The van der Waals surface area contributed by atoms with E-state index < -0.39 is 12.1 Å². The average molecular weight is 664 g/mol. The van der Waals surface area contributed by atoms with E-state index in [1.54, 1.807) is 6.07 Å². The van der Waals surface area contributed by atoms with Gasteiger partial charge >= 0.3 is 12.1 Å². The molecule has 2 atom stereocenters. The number of aliphatic carboxylic acids is 1. The summed E-state index contributed by atoms with van der Waals surface area (Å²) >= 11 is 0. The Labute approximate surface area is 277 Å². The molecule has 0 radical (unpaired) electrons. The Hall–Kier alpha value is -4.68. The van der Waals surface area contributed by atoms with Crippen LogP contribution < -0.4 is 16.4 Å². The summed E-state index contributed by atoms with van der Waals surface area (Å²) in [5.41, 5.74) is 13.7. The van der Waals surface area contributed by atoms with Gasteiger partial charge in [0.1, 0.15) is 5.76 Å². The van der Waals surface area contributed by atoms with Gasteiger partial charge in [0.05, 0.1) is 17.1 Å². The lowest BCUT2D eigenvalue weighted by Gasteiger charge is -2.32. The van der Waals surface area contributed by atoms with Crippen molar-refractivity contribution in [2.24, 2.45) is 5.92 Å². The number of alkyl halides is 3. The first-order valence-corrected chi connectivity index (χ1v) is 15.9. The monoisotopic (exact) mass is 663 g/mol. The van der Waals surface area contributed by atoms with Gasteiger partial charge in [-0.15, -0.1) is 0 Å². The molecule has 2 heterocycles. The van der Waals surface area contributed by atoms with Gasteiger partial charge in [0.25, 0.3) is 5.91 Å². The first kappa shape index (κ1) is 34.6. The maximum Gasteiger partial charge on any atom is 0.490 e. The minimum Gasteiger partial charge on any atom is -0.475 e. The summed E-state index contributed by atoms with van der Waals surface area (Å²) < 4.78 is 37.1. The van der Waals surface area contributed by atoms with Gasteiger partial charge in [-0.1, -0.05) is 53.7 Å². The lowest BCUT2D eigenvalue weighted by Crippen LogP contribution is -2.37. The molecule has 1 aliphatic carbocycles. The molecule has 9 nitrogen and oxygen atoms in total. The van der Waals surface area contributed by atoms with Crippen LogP contribution in [0.5, 0.6) is 0 Å². The number of hydrogen-bond acceptors (Lipinski definition) is 7. The standard InChI is InChI=1S/C34H39N5O2.C2HF3O2/c1-22-33(23(2)41-38-22)27-13-11-26(12-14-27)29-19-32(29)36-20-24-15-17-39(18-16-24)21-25-7-9-28(10-8-25)34(40)37-31-6-4-3-5-30(31)35;3-2(4,5)1(6)7/h3-14,24,29,32,36H,15-21,35H2,1-2H3,(H,37,40);(H,6,7). The number of aryl methyl sites for hydroxylation is 2. The topological polar surface area (TPSA) is 134 Å². The molecule has 2 aliphatic rings. The number of piperidine rings is 1. The van der Waals surface area contributed by atoms with E-state index in [1.165, 1.54) is 36.0 Å². The van der Waals surface area contributed by atoms with Crippen molar-refractivity contribution in [3.8, 4) is 11.1 Å². The van der Waals surface area contributed by atoms with E-state index in [1.807, 2.05) is 44.2 Å². The molecule has 0 bridgehead atoms. The number of halogens is 3. The van der Waals surface area contributed by atoms with Crippen molar-refractivity contribution in [3.63, 3.8) is 0 Å². The zero-order valence-corrected chi connectivity index (χ0v) is 26.9. The van der Waals surface area contributed by atoms with Crippen LogP contribution in [-0.2, 0) is 11.3 Å². The van der Waals surface area contributed by atoms with Crippen LogP contribution in [0.3, 0.4) is 0 Å². The fourth-order valence-electron chi connectivity index (χ4n) is 6.07. The van der Waals surface area contributed by atoms with Crippen LogP contribution in [-0.4, -0.2) is 58.9 Å². The van der Waals surface area contributed by atoms with Gasteiger partial charge in [0, 0.05) is 29.6 Å². The maximum atomic E-state index is 12.6. The molecule has 1 saturated heterocycles. The number of nitrogens with one attached hydrogen (secondary N) is 2. The van der Waals surface area contributed by atoms with Crippen molar-refractivity contribution in [2.45, 2.75) is 57.8 Å². The third-order valence-corrected chi connectivity index (χ3v) is 8.90. The van der Waals surface area contributed by atoms with E-state index in [0.717, 1.165) is 49.1 Å². The van der Waals surface area contributed by atoms with Gasteiger partial charge in [-0.3, -0.25) is 9.69 Å². The quantitative estimate of drug-likeness (QED) is 0.144. The van der Waals surface area contributed by atoms with Crippen molar-refractivity contribution < 1.29 is 32.4 Å². The number of nitrogen functional groups attached to an aromatic ring is 1. The van der Waals surface area contributed by atoms with Crippen molar-refractivity contribution in [1.29, 1.82) is 0 Å². The van der Waals surface area contributed by atoms with Crippen molar-refractivity contribution in [3.05, 3.63) is 101 Å². The largest absolute Gasteiger partial charge is 0.490 e. The number of carboxylic acid groups (broad SMARTS) is 1. The number of likely N-dealkylation sites (tertiary alicyclic amines) is 1. The van der Waals surface area contributed by atoms with Gasteiger partial charge in [-0.2, -0.15) is 13.2 Å². The van der Waals surface area contributed by atoms with Crippen molar-refractivity contribution in [1.82, 2.24) is 15.4 Å². The second kappa shape index (κ2) is 15.0. The predicted octanol–water partition coefficient (Wildman–Crippen LogP) is 6.78. The normalized spacial score (nSPS) is 18.1. The minimum absolute atomic E-state index is 0.144. The maximum absolute atomic E-state index is 12.6. The molecule has 1 aromatic heterocycles. The van der Waals surface area contributed by atoms with Crippen LogP contribution in [0.2, 0.25) is 0 Å². The first-order chi connectivity index (χ1) is 22.9. The zero-order valence-electron chi connectivity index (χ0n) is 26.9. The highest BCUT2D eigenvalue weighted by Gasteiger charge is 2.39. The Bertz CT molecular complexity index is 1680. The fourth-order valence-corrected chi connectivity index (χ4v) is 6.07. The van der Waals surface area contributed by atoms with E-state index in [2.05, 4.69) is 57.1 Å². The Morgan fingerprint density at radius 1 is 1.00 bits per heavy atom. The van der Waals surface area contributed by atoms with Crippen LogP contribution >= 0.6 is 0 Å². The molecule has 5 N–H and O–H groups in total. The first-order valence-electron chi connectivity index (χ1n) is 15.9. The van der Waals surface area contributed by atoms with E-state index in [0.29, 0.717) is 28.9 Å². The van der Waals surface area contributed by atoms with Gasteiger partial charge in [0.2, 0.25) is 0 Å². The third-order valence-electron chi connectivity index (χ3n) is 8.90. The summed E-state index contributed by atoms with van der Waals surface area (Å²) in [7, 11) is 0. The minimum atomic E-state index is -5.08. The molecule has 1 saturated carbocycles. The molecular formula is C36H40F3N5O4. The fraction of sp³-hybridized carbons (Fsp3) is 0.361. The number of nitrogens with two attached hydrogens (primary N) is 1. The molecule has 12 heteroatoms. The number of amides is 1.